The van der Waals surface area contributed by atoms with Crippen molar-refractivity contribution in [2.45, 2.75) is 13.5 Å². The summed E-state index contributed by atoms with van der Waals surface area (Å²) >= 11 is 0. The van der Waals surface area contributed by atoms with E-state index in [2.05, 4.69) is 9.97 Å². The molecule has 4 nitrogen and oxygen atoms in total. The lowest BCUT2D eigenvalue weighted by Crippen LogP contribution is -1.97. The molecular weight excluding hydrogens is 223 g/mol. The van der Waals surface area contributed by atoms with Gasteiger partial charge in [-0.1, -0.05) is 0 Å². The predicted octanol–water partition coefficient (Wildman–Crippen LogP) is 2.21. The lowest BCUT2D eigenvalue weighted by Gasteiger charge is -2.09. The van der Waals surface area contributed by atoms with Gasteiger partial charge < -0.3 is 9.84 Å². The summed E-state index contributed by atoms with van der Waals surface area (Å²) in [5.41, 5.74) is 1.14. The maximum atomic E-state index is 12.9. The molecule has 1 N–H and O–H groups in total. The Kier molecular flexibility index (Phi) is 3.30. The number of aliphatic hydroxyl groups is 1. The minimum atomic E-state index is -0.320. The minimum absolute atomic E-state index is 0.212. The van der Waals surface area contributed by atoms with Gasteiger partial charge in [-0.3, -0.25) is 0 Å². The second-order valence-corrected chi connectivity index (χ2v) is 3.52. The molecule has 0 fully saturated rings. The van der Waals surface area contributed by atoms with E-state index in [1.165, 1.54) is 30.7 Å². The van der Waals surface area contributed by atoms with E-state index < -0.39 is 0 Å². The van der Waals surface area contributed by atoms with Crippen LogP contribution in [0.1, 0.15) is 11.1 Å². The number of hydrogen-bond donors (Lipinski definition) is 1. The van der Waals surface area contributed by atoms with E-state index in [9.17, 15) is 4.39 Å². The lowest BCUT2D eigenvalue weighted by molar-refractivity contribution is 0.274. The maximum Gasteiger partial charge on any atom is 0.227 e. The monoisotopic (exact) mass is 234 g/mol. The van der Waals surface area contributed by atoms with Crippen LogP contribution < -0.4 is 4.74 Å². The van der Waals surface area contributed by atoms with Crippen LogP contribution in [0.5, 0.6) is 11.6 Å². The summed E-state index contributed by atoms with van der Waals surface area (Å²) in [5, 5.41) is 9.09. The molecule has 1 aromatic heterocycles. The van der Waals surface area contributed by atoms with Gasteiger partial charge in [0.15, 0.2) is 0 Å². The third-order valence-corrected chi connectivity index (χ3v) is 2.26. The second-order valence-electron chi connectivity index (χ2n) is 3.52. The summed E-state index contributed by atoms with van der Waals surface area (Å²) in [6.45, 7) is 1.52. The van der Waals surface area contributed by atoms with Gasteiger partial charge in [-0.05, 0) is 30.7 Å². The Morgan fingerprint density at radius 3 is 2.94 bits per heavy atom. The zero-order valence-electron chi connectivity index (χ0n) is 9.22. The van der Waals surface area contributed by atoms with Gasteiger partial charge in [-0.15, -0.1) is 0 Å². The summed E-state index contributed by atoms with van der Waals surface area (Å²) in [4.78, 5) is 7.70. The molecule has 1 heterocycles. The van der Waals surface area contributed by atoms with E-state index in [1.807, 2.05) is 0 Å². The van der Waals surface area contributed by atoms with Crippen LogP contribution in [0.4, 0.5) is 4.39 Å². The molecule has 0 aliphatic heterocycles. The van der Waals surface area contributed by atoms with Crippen molar-refractivity contribution >= 4 is 0 Å². The van der Waals surface area contributed by atoms with Gasteiger partial charge in [-0.25, -0.2) is 14.4 Å². The van der Waals surface area contributed by atoms with Crippen molar-refractivity contribution in [3.05, 3.63) is 47.7 Å². The average Bonchev–Trinajstić information content (AvgIpc) is 2.33. The van der Waals surface area contributed by atoms with Crippen molar-refractivity contribution in [3.8, 4) is 11.6 Å². The van der Waals surface area contributed by atoms with E-state index in [4.69, 9.17) is 9.84 Å². The number of aromatic nitrogens is 2. The van der Waals surface area contributed by atoms with Crippen LogP contribution in [0.25, 0.3) is 0 Å². The highest BCUT2D eigenvalue weighted by atomic mass is 19.1. The van der Waals surface area contributed by atoms with Gasteiger partial charge in [0.25, 0.3) is 0 Å². The Hall–Kier alpha value is -2.01. The Labute approximate surface area is 97.7 Å². The molecule has 0 aliphatic carbocycles. The van der Waals surface area contributed by atoms with Gasteiger partial charge in [0.2, 0.25) is 5.88 Å². The number of nitrogens with zero attached hydrogens (tertiary/aromatic N) is 2. The van der Waals surface area contributed by atoms with Crippen LogP contribution >= 0.6 is 0 Å². The molecule has 88 valence electrons. The molecule has 0 saturated heterocycles. The number of benzene rings is 1. The SMILES string of the molecule is Cc1cc(F)ccc1Oc1ncncc1CO. The molecule has 1 aromatic carbocycles. The predicted molar refractivity (Wildman–Crippen MR) is 59.2 cm³/mol. The number of halogens is 1. The Morgan fingerprint density at radius 1 is 1.41 bits per heavy atom. The smallest absolute Gasteiger partial charge is 0.227 e. The first kappa shape index (κ1) is 11.5. The molecule has 2 aromatic rings. The number of rotatable bonds is 3. The van der Waals surface area contributed by atoms with E-state index in [0.29, 0.717) is 16.9 Å². The minimum Gasteiger partial charge on any atom is -0.438 e. The molecule has 0 radical (unpaired) electrons. The molecule has 0 amide bonds. The van der Waals surface area contributed by atoms with Crippen molar-refractivity contribution in [2.24, 2.45) is 0 Å². The Balaban J connectivity index is 2.31. The fraction of sp³-hybridized carbons (Fsp3) is 0.167. The molecule has 0 saturated carbocycles. The fourth-order valence-corrected chi connectivity index (χ4v) is 1.38. The van der Waals surface area contributed by atoms with Gasteiger partial charge in [-0.2, -0.15) is 0 Å². The highest BCUT2D eigenvalue weighted by molar-refractivity contribution is 5.36. The number of hydrogen-bond acceptors (Lipinski definition) is 4. The zero-order valence-corrected chi connectivity index (χ0v) is 9.22. The second kappa shape index (κ2) is 4.88. The van der Waals surface area contributed by atoms with Crippen molar-refractivity contribution in [2.75, 3.05) is 0 Å². The van der Waals surface area contributed by atoms with Crippen LogP contribution in [0.2, 0.25) is 0 Å². The molecule has 0 aliphatic rings. The highest BCUT2D eigenvalue weighted by Crippen LogP contribution is 2.25. The summed E-state index contributed by atoms with van der Waals surface area (Å²) < 4.78 is 18.4. The summed E-state index contributed by atoms with van der Waals surface area (Å²) in [7, 11) is 0. The number of ether oxygens (including phenoxy) is 1. The highest BCUT2D eigenvalue weighted by Gasteiger charge is 2.08. The average molecular weight is 234 g/mol. The van der Waals surface area contributed by atoms with Gasteiger partial charge in [0.1, 0.15) is 17.9 Å². The van der Waals surface area contributed by atoms with Gasteiger partial charge in [0, 0.05) is 6.20 Å². The number of aryl methyl sites for hydroxylation is 1. The summed E-state index contributed by atoms with van der Waals surface area (Å²) in [6.07, 6.45) is 2.80. The molecule has 0 bridgehead atoms. The van der Waals surface area contributed by atoms with Crippen molar-refractivity contribution in [1.29, 1.82) is 0 Å². The standard InChI is InChI=1S/C12H11FN2O2/c1-8-4-10(13)2-3-11(8)17-12-9(6-16)5-14-7-15-12/h2-5,7,16H,6H2,1H3. The summed E-state index contributed by atoms with van der Waals surface area (Å²) in [5.74, 6) is 0.455. The molecule has 0 unspecified atom stereocenters. The first-order chi connectivity index (χ1) is 8.20. The normalized spacial score (nSPS) is 10.3. The topological polar surface area (TPSA) is 55.2 Å². The van der Waals surface area contributed by atoms with E-state index in [1.54, 1.807) is 6.92 Å². The zero-order chi connectivity index (χ0) is 12.3. The van der Waals surface area contributed by atoms with Gasteiger partial charge >= 0.3 is 0 Å². The van der Waals surface area contributed by atoms with Crippen LogP contribution in [-0.2, 0) is 6.61 Å². The third-order valence-electron chi connectivity index (χ3n) is 2.26. The van der Waals surface area contributed by atoms with Crippen molar-refractivity contribution < 1.29 is 14.2 Å². The molecule has 0 spiro atoms. The molecule has 17 heavy (non-hydrogen) atoms. The first-order valence-electron chi connectivity index (χ1n) is 5.04. The van der Waals surface area contributed by atoms with Gasteiger partial charge in [0.05, 0.1) is 12.2 Å². The summed E-state index contributed by atoms with van der Waals surface area (Å²) in [6, 6.07) is 4.20. The van der Waals surface area contributed by atoms with Crippen LogP contribution in [-0.4, -0.2) is 15.1 Å². The lowest BCUT2D eigenvalue weighted by atomic mass is 10.2. The molecule has 0 atom stereocenters. The van der Waals surface area contributed by atoms with E-state index >= 15 is 0 Å². The van der Waals surface area contributed by atoms with Crippen molar-refractivity contribution in [3.63, 3.8) is 0 Å². The molecular formula is C12H11FN2O2. The van der Waals surface area contributed by atoms with Crippen LogP contribution in [0.3, 0.4) is 0 Å². The third kappa shape index (κ3) is 2.57. The van der Waals surface area contributed by atoms with Crippen molar-refractivity contribution in [1.82, 2.24) is 9.97 Å². The van der Waals surface area contributed by atoms with Crippen LogP contribution in [0, 0.1) is 12.7 Å². The van der Waals surface area contributed by atoms with E-state index in [-0.39, 0.29) is 18.3 Å². The number of aliphatic hydroxyl groups excluding tert-OH is 1. The largest absolute Gasteiger partial charge is 0.438 e. The maximum absolute atomic E-state index is 12.9. The quantitative estimate of drug-likeness (QED) is 0.884. The first-order valence-corrected chi connectivity index (χ1v) is 5.04. The Morgan fingerprint density at radius 2 is 2.24 bits per heavy atom. The molecule has 2 rings (SSSR count). The molecule has 5 heteroatoms. The fourth-order valence-electron chi connectivity index (χ4n) is 1.38. The Bertz CT molecular complexity index is 532. The van der Waals surface area contributed by atoms with Crippen LogP contribution in [0.15, 0.2) is 30.7 Å². The van der Waals surface area contributed by atoms with E-state index in [0.717, 1.165) is 0 Å².